The average Bonchev–Trinajstić information content (AvgIpc) is 3.35. The summed E-state index contributed by atoms with van der Waals surface area (Å²) < 4.78 is 38.8. The van der Waals surface area contributed by atoms with Gasteiger partial charge < -0.3 is 14.9 Å². The Morgan fingerprint density at radius 2 is 1.84 bits per heavy atom. The molecular formula is C19H19F3N3NaO5. The van der Waals surface area contributed by atoms with Crippen LogP contribution in [0, 0.1) is 5.92 Å². The molecule has 0 aromatic heterocycles. The fraction of sp³-hybridized carbons (Fsp3) is 0.579. The van der Waals surface area contributed by atoms with Gasteiger partial charge in [-0.3, -0.25) is 19.3 Å². The average molecular weight is 449 g/mol. The molecule has 8 nitrogen and oxygen atoms in total. The summed E-state index contributed by atoms with van der Waals surface area (Å²) in [6.45, 7) is 0.271. The third-order valence-electron chi connectivity index (χ3n) is 6.59. The van der Waals surface area contributed by atoms with Crippen molar-refractivity contribution in [3.63, 3.8) is 0 Å². The maximum absolute atomic E-state index is 12.9. The molecule has 31 heavy (non-hydrogen) atoms. The van der Waals surface area contributed by atoms with Crippen molar-refractivity contribution in [2.45, 2.75) is 50.0 Å². The molecule has 4 aliphatic heterocycles. The molecule has 1 saturated carbocycles. The van der Waals surface area contributed by atoms with Gasteiger partial charge in [0.1, 0.15) is 11.7 Å². The van der Waals surface area contributed by atoms with Crippen LogP contribution in [0.1, 0.15) is 25.7 Å². The second kappa shape index (κ2) is 7.35. The second-order valence-corrected chi connectivity index (χ2v) is 8.39. The van der Waals surface area contributed by atoms with Crippen molar-refractivity contribution < 1.29 is 37.5 Å². The van der Waals surface area contributed by atoms with Crippen molar-refractivity contribution in [3.05, 3.63) is 22.9 Å². The standard InChI is InChI=1S/C19H18F3N3O5.Na.H/c20-19(21,22)18(30)24-7-10-6-9(5-8-3-4-23(15(8)26)11-1-2-11)13(17(28)29)25-12(10)14(24)16(25)27;;/h5,10-12,14H,1-4,6-7H2,(H,28,29);;/b8-5+;;/t10-,12-,14+;;/m1../s1. The van der Waals surface area contributed by atoms with Gasteiger partial charge in [-0.2, -0.15) is 13.2 Å². The van der Waals surface area contributed by atoms with Crippen LogP contribution in [0.5, 0.6) is 0 Å². The molecule has 3 saturated heterocycles. The summed E-state index contributed by atoms with van der Waals surface area (Å²) in [5, 5.41) is 9.70. The first kappa shape index (κ1) is 22.3. The number of amides is 3. The first-order chi connectivity index (χ1) is 14.1. The zero-order chi connectivity index (χ0) is 21.5. The third-order valence-corrected chi connectivity index (χ3v) is 6.59. The number of carboxylic acid groups (broad SMARTS) is 1. The van der Waals surface area contributed by atoms with Crippen molar-refractivity contribution in [3.8, 4) is 0 Å². The Hall–Kier alpha value is -1.85. The summed E-state index contributed by atoms with van der Waals surface area (Å²) >= 11 is 0. The Morgan fingerprint density at radius 3 is 2.42 bits per heavy atom. The molecule has 0 aromatic rings. The van der Waals surface area contributed by atoms with Crippen LogP contribution < -0.4 is 0 Å². The van der Waals surface area contributed by atoms with E-state index in [1.165, 1.54) is 6.08 Å². The number of carboxylic acids is 1. The van der Waals surface area contributed by atoms with Gasteiger partial charge in [-0.1, -0.05) is 0 Å². The predicted octanol–water partition coefficient (Wildman–Crippen LogP) is 0.00150. The molecule has 0 spiro atoms. The van der Waals surface area contributed by atoms with Crippen molar-refractivity contribution in [1.82, 2.24) is 14.7 Å². The van der Waals surface area contributed by atoms with Gasteiger partial charge in [0.25, 0.3) is 5.91 Å². The zero-order valence-electron chi connectivity index (χ0n) is 15.7. The van der Waals surface area contributed by atoms with E-state index < -0.39 is 42.0 Å². The molecule has 162 valence electrons. The molecule has 1 aliphatic carbocycles. The number of hydrogen-bond donors (Lipinski definition) is 1. The first-order valence-electron chi connectivity index (χ1n) is 9.78. The quantitative estimate of drug-likeness (QED) is 0.372. The number of carbonyl (C=O) groups excluding carboxylic acids is 3. The van der Waals surface area contributed by atoms with Crippen LogP contribution in [-0.4, -0.2) is 110 Å². The zero-order valence-corrected chi connectivity index (χ0v) is 15.7. The van der Waals surface area contributed by atoms with E-state index in [0.717, 1.165) is 17.7 Å². The van der Waals surface area contributed by atoms with Crippen molar-refractivity contribution in [2.24, 2.45) is 5.92 Å². The van der Waals surface area contributed by atoms with Gasteiger partial charge in [-0.05, 0) is 37.3 Å². The number of allylic oxidation sites excluding steroid dienone is 2. The van der Waals surface area contributed by atoms with Gasteiger partial charge in [-0.15, -0.1) is 0 Å². The Bertz CT molecular complexity index is 958. The van der Waals surface area contributed by atoms with Gasteiger partial charge in [-0.25, -0.2) is 4.79 Å². The monoisotopic (exact) mass is 449 g/mol. The van der Waals surface area contributed by atoms with E-state index in [2.05, 4.69) is 0 Å². The molecule has 5 aliphatic rings. The fourth-order valence-electron chi connectivity index (χ4n) is 5.19. The number of aliphatic carboxylic acids is 1. The van der Waals surface area contributed by atoms with Crippen molar-refractivity contribution >= 4 is 53.2 Å². The number of hydrogen-bond acceptors (Lipinski definition) is 4. The van der Waals surface area contributed by atoms with Gasteiger partial charge in [0, 0.05) is 30.6 Å². The van der Waals surface area contributed by atoms with Crippen LogP contribution in [0.4, 0.5) is 13.2 Å². The number of halogens is 3. The summed E-state index contributed by atoms with van der Waals surface area (Å²) in [4.78, 5) is 52.1. The molecule has 4 heterocycles. The van der Waals surface area contributed by atoms with E-state index >= 15 is 0 Å². The summed E-state index contributed by atoms with van der Waals surface area (Å²) in [7, 11) is 0. The minimum absolute atomic E-state index is 0. The number of rotatable bonds is 3. The van der Waals surface area contributed by atoms with Crippen LogP contribution in [0.25, 0.3) is 0 Å². The van der Waals surface area contributed by atoms with Crippen LogP contribution in [0.15, 0.2) is 22.9 Å². The number of nitrogens with zero attached hydrogens (tertiary/aromatic N) is 3. The molecule has 0 radical (unpaired) electrons. The van der Waals surface area contributed by atoms with Gasteiger partial charge >= 0.3 is 47.6 Å². The molecule has 4 fully saturated rings. The summed E-state index contributed by atoms with van der Waals surface area (Å²) in [6, 6.07) is -1.84. The van der Waals surface area contributed by atoms with Crippen LogP contribution in [0.2, 0.25) is 0 Å². The third kappa shape index (κ3) is 3.32. The van der Waals surface area contributed by atoms with Gasteiger partial charge in [0.05, 0.1) is 6.04 Å². The van der Waals surface area contributed by atoms with Gasteiger partial charge in [0.15, 0.2) is 0 Å². The van der Waals surface area contributed by atoms with Crippen LogP contribution in [0.3, 0.4) is 0 Å². The maximum atomic E-state index is 12.9. The summed E-state index contributed by atoms with van der Waals surface area (Å²) in [5.41, 5.74) is 0.390. The molecule has 5 rings (SSSR count). The van der Waals surface area contributed by atoms with E-state index in [1.807, 2.05) is 0 Å². The van der Waals surface area contributed by atoms with E-state index in [1.54, 1.807) is 4.90 Å². The van der Waals surface area contributed by atoms with Crippen molar-refractivity contribution in [2.75, 3.05) is 13.1 Å². The Morgan fingerprint density at radius 1 is 1.16 bits per heavy atom. The molecule has 0 bridgehead atoms. The van der Waals surface area contributed by atoms with Crippen molar-refractivity contribution in [1.29, 1.82) is 0 Å². The number of carbonyl (C=O) groups is 4. The van der Waals surface area contributed by atoms with E-state index in [9.17, 15) is 37.5 Å². The number of likely N-dealkylation sites (tertiary alicyclic amines) is 2. The summed E-state index contributed by atoms with van der Waals surface area (Å²) in [6.07, 6.45) is -1.19. The molecule has 0 unspecified atom stereocenters. The van der Waals surface area contributed by atoms with Crippen LogP contribution >= 0.6 is 0 Å². The molecule has 3 amide bonds. The Kier molecular flexibility index (Phi) is 5.30. The van der Waals surface area contributed by atoms with E-state index in [0.29, 0.717) is 23.4 Å². The minimum atomic E-state index is -5.11. The second-order valence-electron chi connectivity index (χ2n) is 8.39. The van der Waals surface area contributed by atoms with Crippen LogP contribution in [-0.2, 0) is 19.2 Å². The van der Waals surface area contributed by atoms with Gasteiger partial charge in [0.2, 0.25) is 5.91 Å². The first-order valence-corrected chi connectivity index (χ1v) is 9.78. The molecule has 3 atom stereocenters. The molecule has 1 N–H and O–H groups in total. The number of alkyl halides is 3. The molecule has 12 heteroatoms. The Labute approximate surface area is 197 Å². The molecular weight excluding hydrogens is 430 g/mol. The predicted molar refractivity (Wildman–Crippen MR) is 99.5 cm³/mol. The van der Waals surface area contributed by atoms with E-state index in [4.69, 9.17) is 0 Å². The number of β-lactam (4-membered cyclic amide) rings is 1. The SMILES string of the molecule is O=C(O)C1=C(/C=C2\CCN(C3CC3)C2=O)C[C@@H]2CN(C(=O)C(F)(F)F)[C@@H]3C(=O)N1[C@H]23.[NaH]. The molecule has 0 aromatic carbocycles. The Balaban J connectivity index is 0.00000231. The normalized spacial score (nSPS) is 31.1. The summed E-state index contributed by atoms with van der Waals surface area (Å²) in [5.74, 6) is -4.96. The fourth-order valence-corrected chi connectivity index (χ4v) is 5.19. The van der Waals surface area contributed by atoms with E-state index in [-0.39, 0.29) is 65.7 Å². The topological polar surface area (TPSA) is 98.2 Å².